The van der Waals surface area contributed by atoms with Crippen molar-refractivity contribution in [3.63, 3.8) is 0 Å². The first-order chi connectivity index (χ1) is 31.2. The zero-order valence-corrected chi connectivity index (χ0v) is 34.4. The summed E-state index contributed by atoms with van der Waals surface area (Å²) in [6.45, 7) is 0. The molecule has 0 atom stereocenters. The Morgan fingerprint density at radius 3 is 0.921 bits per heavy atom. The van der Waals surface area contributed by atoms with Crippen molar-refractivity contribution < 1.29 is 0 Å². The molecule has 0 fully saturated rings. The van der Waals surface area contributed by atoms with Gasteiger partial charge in [-0.25, -0.2) is 0 Å². The van der Waals surface area contributed by atoms with Crippen LogP contribution in [-0.4, -0.2) is 13.7 Å². The van der Waals surface area contributed by atoms with Crippen molar-refractivity contribution in [3.05, 3.63) is 237 Å². The van der Waals surface area contributed by atoms with Crippen LogP contribution in [0.25, 0.3) is 116 Å². The maximum Gasteiger partial charge on any atom is 0.0541 e. The van der Waals surface area contributed by atoms with Crippen molar-refractivity contribution in [3.8, 4) is 50.4 Å². The second-order valence-corrected chi connectivity index (χ2v) is 16.6. The monoisotopic (exact) mass is 801 g/mol. The standard InChI is InChI=1S/C60H39N3/c1-4-16-40(17-5-1)44-34-45(43-30-33-59-54(39-43)50-23-11-14-26-56(50)62(59)47-20-8-3-9-21-47)36-48(35-44)63-57-27-15-12-24-51(57)53-38-42(29-32-60(53)63)41-28-31-58-52(37-41)49-22-10-13-25-55(49)61(58)46-18-6-2-7-19-46/h1-39H. The molecule has 3 nitrogen and oxygen atoms in total. The highest BCUT2D eigenvalue weighted by molar-refractivity contribution is 6.13. The number of fused-ring (bicyclic) bond motifs is 9. The molecule has 0 unspecified atom stereocenters. The molecular weight excluding hydrogens is 763 g/mol. The molecule has 0 aliphatic rings. The third-order valence-corrected chi connectivity index (χ3v) is 13.0. The molecule has 13 aromatic rings. The average molecular weight is 802 g/mol. The van der Waals surface area contributed by atoms with Crippen molar-refractivity contribution >= 4 is 65.4 Å². The molecule has 3 heterocycles. The lowest BCUT2D eigenvalue weighted by molar-refractivity contribution is 1.18. The summed E-state index contributed by atoms with van der Waals surface area (Å²) >= 11 is 0. The summed E-state index contributed by atoms with van der Waals surface area (Å²) in [7, 11) is 0. The summed E-state index contributed by atoms with van der Waals surface area (Å²) in [6, 6.07) is 86.5. The Hall–Kier alpha value is -8.40. The van der Waals surface area contributed by atoms with E-state index in [1.54, 1.807) is 0 Å². The van der Waals surface area contributed by atoms with E-state index >= 15 is 0 Å². The van der Waals surface area contributed by atoms with E-state index in [2.05, 4.69) is 250 Å². The van der Waals surface area contributed by atoms with E-state index < -0.39 is 0 Å². The van der Waals surface area contributed by atoms with Crippen LogP contribution in [0.5, 0.6) is 0 Å². The van der Waals surface area contributed by atoms with Gasteiger partial charge in [-0.15, -0.1) is 0 Å². The summed E-state index contributed by atoms with van der Waals surface area (Å²) in [5.74, 6) is 0. The van der Waals surface area contributed by atoms with Gasteiger partial charge >= 0.3 is 0 Å². The van der Waals surface area contributed by atoms with Crippen molar-refractivity contribution in [2.75, 3.05) is 0 Å². The second-order valence-electron chi connectivity index (χ2n) is 16.6. The summed E-state index contributed by atoms with van der Waals surface area (Å²) in [5.41, 5.74) is 17.8. The maximum absolute atomic E-state index is 2.46. The van der Waals surface area contributed by atoms with Crippen LogP contribution in [0.15, 0.2) is 237 Å². The van der Waals surface area contributed by atoms with Crippen LogP contribution >= 0.6 is 0 Å². The zero-order chi connectivity index (χ0) is 41.4. The van der Waals surface area contributed by atoms with Gasteiger partial charge < -0.3 is 13.7 Å². The Bertz CT molecular complexity index is 3890. The van der Waals surface area contributed by atoms with Crippen LogP contribution < -0.4 is 0 Å². The molecule has 0 aliphatic heterocycles. The lowest BCUT2D eigenvalue weighted by Gasteiger charge is -2.14. The van der Waals surface area contributed by atoms with Crippen molar-refractivity contribution in [2.24, 2.45) is 0 Å². The highest BCUT2D eigenvalue weighted by Gasteiger charge is 2.19. The number of benzene rings is 10. The van der Waals surface area contributed by atoms with Gasteiger partial charge in [0.2, 0.25) is 0 Å². The molecule has 13 rings (SSSR count). The van der Waals surface area contributed by atoms with E-state index in [9.17, 15) is 0 Å². The van der Waals surface area contributed by atoms with Gasteiger partial charge in [0.15, 0.2) is 0 Å². The second kappa shape index (κ2) is 14.1. The van der Waals surface area contributed by atoms with Gasteiger partial charge in [0.1, 0.15) is 0 Å². The highest BCUT2D eigenvalue weighted by atomic mass is 15.0. The SMILES string of the molecule is c1ccc(-c2cc(-c3ccc4c(c3)c3ccccc3n4-c3ccccc3)cc(-n3c4ccccc4c4cc(-c5ccc6c(c5)c5ccccc5n6-c5ccccc5)ccc43)c2)cc1. The Kier molecular flexibility index (Phi) is 7.91. The minimum atomic E-state index is 1.13. The molecular formula is C60H39N3. The van der Waals surface area contributed by atoms with Gasteiger partial charge in [-0.3, -0.25) is 0 Å². The first-order valence-electron chi connectivity index (χ1n) is 21.7. The van der Waals surface area contributed by atoms with Gasteiger partial charge in [-0.05, 0) is 130 Å². The first-order valence-corrected chi connectivity index (χ1v) is 21.7. The molecule has 3 aromatic heterocycles. The molecule has 0 radical (unpaired) electrons. The first kappa shape index (κ1) is 35.4. The minimum Gasteiger partial charge on any atom is -0.309 e. The number of nitrogens with zero attached hydrogens (tertiary/aromatic N) is 3. The molecule has 0 bridgehead atoms. The summed E-state index contributed by atoms with van der Waals surface area (Å²) in [5, 5.41) is 7.46. The number of rotatable bonds is 6. The predicted octanol–water partition coefficient (Wildman–Crippen LogP) is 16.0. The van der Waals surface area contributed by atoms with Crippen molar-refractivity contribution in [1.29, 1.82) is 0 Å². The van der Waals surface area contributed by atoms with Crippen LogP contribution in [0.1, 0.15) is 0 Å². The lowest BCUT2D eigenvalue weighted by atomic mass is 9.96. The summed E-state index contributed by atoms with van der Waals surface area (Å²) in [4.78, 5) is 0. The molecule has 10 aromatic carbocycles. The minimum absolute atomic E-state index is 1.13. The van der Waals surface area contributed by atoms with Crippen LogP contribution in [0.4, 0.5) is 0 Å². The fourth-order valence-electron chi connectivity index (χ4n) is 10.2. The number of para-hydroxylation sites is 5. The largest absolute Gasteiger partial charge is 0.309 e. The third-order valence-electron chi connectivity index (χ3n) is 13.0. The van der Waals surface area contributed by atoms with Crippen LogP contribution in [-0.2, 0) is 0 Å². The van der Waals surface area contributed by atoms with E-state index in [1.807, 2.05) is 0 Å². The van der Waals surface area contributed by atoms with Crippen molar-refractivity contribution in [1.82, 2.24) is 13.7 Å². The lowest BCUT2D eigenvalue weighted by Crippen LogP contribution is -1.96. The van der Waals surface area contributed by atoms with E-state index in [0.717, 1.165) is 11.4 Å². The number of aromatic nitrogens is 3. The molecule has 294 valence electrons. The van der Waals surface area contributed by atoms with Gasteiger partial charge in [-0.2, -0.15) is 0 Å². The van der Waals surface area contributed by atoms with Gasteiger partial charge in [0.25, 0.3) is 0 Å². The van der Waals surface area contributed by atoms with E-state index in [1.165, 1.54) is 104 Å². The number of hydrogen-bond donors (Lipinski definition) is 0. The maximum atomic E-state index is 2.46. The molecule has 0 saturated carbocycles. The quantitative estimate of drug-likeness (QED) is 0.159. The fourth-order valence-corrected chi connectivity index (χ4v) is 10.2. The predicted molar refractivity (Wildman–Crippen MR) is 266 cm³/mol. The van der Waals surface area contributed by atoms with Crippen LogP contribution in [0, 0.1) is 0 Å². The Labute approximate surface area is 364 Å². The third kappa shape index (κ3) is 5.60. The molecule has 0 saturated heterocycles. The van der Waals surface area contributed by atoms with E-state index in [0.29, 0.717) is 0 Å². The Morgan fingerprint density at radius 1 is 0.175 bits per heavy atom. The van der Waals surface area contributed by atoms with E-state index in [-0.39, 0.29) is 0 Å². The molecule has 0 spiro atoms. The zero-order valence-electron chi connectivity index (χ0n) is 34.4. The Balaban J connectivity index is 0.992. The van der Waals surface area contributed by atoms with Gasteiger partial charge in [-0.1, -0.05) is 140 Å². The highest BCUT2D eigenvalue weighted by Crippen LogP contribution is 2.41. The summed E-state index contributed by atoms with van der Waals surface area (Å²) < 4.78 is 7.22. The fraction of sp³-hybridized carbons (Fsp3) is 0. The molecule has 0 aliphatic carbocycles. The average Bonchev–Trinajstić information content (AvgIpc) is 3.99. The topological polar surface area (TPSA) is 14.8 Å². The molecule has 0 N–H and O–H groups in total. The van der Waals surface area contributed by atoms with Gasteiger partial charge in [0.05, 0.1) is 33.1 Å². The Morgan fingerprint density at radius 2 is 0.492 bits per heavy atom. The molecule has 63 heavy (non-hydrogen) atoms. The van der Waals surface area contributed by atoms with Crippen molar-refractivity contribution in [2.45, 2.75) is 0 Å². The van der Waals surface area contributed by atoms with Gasteiger partial charge in [0, 0.05) is 49.4 Å². The van der Waals surface area contributed by atoms with Crippen LogP contribution in [0.3, 0.4) is 0 Å². The normalized spacial score (nSPS) is 11.8. The van der Waals surface area contributed by atoms with Crippen LogP contribution in [0.2, 0.25) is 0 Å². The van der Waals surface area contributed by atoms with E-state index in [4.69, 9.17) is 0 Å². The summed E-state index contributed by atoms with van der Waals surface area (Å²) in [6.07, 6.45) is 0. The molecule has 3 heteroatoms. The number of hydrogen-bond acceptors (Lipinski definition) is 0. The molecule has 0 amide bonds. The smallest absolute Gasteiger partial charge is 0.0541 e.